The Morgan fingerprint density at radius 2 is 1.63 bits per heavy atom. The molecule has 0 aliphatic heterocycles. The molecule has 2 heterocycles. The molecule has 0 fully saturated rings. The first kappa shape index (κ1) is 17.0. The second-order valence-electron chi connectivity index (χ2n) is 6.73. The van der Waals surface area contributed by atoms with Crippen LogP contribution in [0.15, 0.2) is 71.0 Å². The van der Waals surface area contributed by atoms with Crippen molar-refractivity contribution in [2.45, 2.75) is 20.8 Å². The summed E-state index contributed by atoms with van der Waals surface area (Å²) >= 11 is 0. The quantitative estimate of drug-likeness (QED) is 0.454. The molecule has 5 heteroatoms. The first-order valence-electron chi connectivity index (χ1n) is 8.79. The Hall–Kier alpha value is -3.47. The Labute approximate surface area is 157 Å². The lowest BCUT2D eigenvalue weighted by Gasteiger charge is -2.02. The van der Waals surface area contributed by atoms with Gasteiger partial charge in [-0.2, -0.15) is 0 Å². The van der Waals surface area contributed by atoms with Crippen molar-refractivity contribution >= 4 is 17.2 Å². The minimum absolute atomic E-state index is 0.103. The summed E-state index contributed by atoms with van der Waals surface area (Å²) in [5.74, 6) is 0.740. The summed E-state index contributed by atoms with van der Waals surface area (Å²) in [6.45, 7) is 6.03. The average molecular weight is 356 g/mol. The number of hydrogen-bond acceptors (Lipinski definition) is 4. The molecular weight excluding hydrogens is 336 g/mol. The standard InChI is InChI=1S/C22H20N4O/c1-14-6-9-17(10-7-14)20-22(26-12-4-5-16(3)21(26)23-20)25-24-18-13-15(2)8-11-19(18)27/h4-13,27H,1-3H3. The van der Waals surface area contributed by atoms with Crippen LogP contribution in [0.4, 0.5) is 11.5 Å². The zero-order valence-corrected chi connectivity index (χ0v) is 15.5. The van der Waals surface area contributed by atoms with E-state index in [2.05, 4.69) is 29.3 Å². The van der Waals surface area contributed by atoms with Gasteiger partial charge in [0.2, 0.25) is 0 Å². The van der Waals surface area contributed by atoms with Crippen molar-refractivity contribution in [1.82, 2.24) is 9.38 Å². The predicted octanol–water partition coefficient (Wildman–Crippen LogP) is 6.05. The molecule has 0 amide bonds. The van der Waals surface area contributed by atoms with Crippen molar-refractivity contribution < 1.29 is 5.11 Å². The molecule has 0 saturated heterocycles. The van der Waals surface area contributed by atoms with Gasteiger partial charge in [-0.1, -0.05) is 42.0 Å². The fourth-order valence-corrected chi connectivity index (χ4v) is 3.01. The van der Waals surface area contributed by atoms with E-state index in [4.69, 9.17) is 4.98 Å². The Kier molecular flexibility index (Phi) is 4.20. The first-order valence-corrected chi connectivity index (χ1v) is 8.79. The van der Waals surface area contributed by atoms with Crippen LogP contribution in [0.5, 0.6) is 5.75 Å². The molecule has 1 N–H and O–H groups in total. The molecule has 4 rings (SSSR count). The molecule has 2 aromatic carbocycles. The van der Waals surface area contributed by atoms with Crippen molar-refractivity contribution in [3.8, 4) is 17.0 Å². The molecule has 2 aromatic heterocycles. The highest BCUT2D eigenvalue weighted by molar-refractivity contribution is 5.75. The summed E-state index contributed by atoms with van der Waals surface area (Å²) < 4.78 is 1.93. The SMILES string of the molecule is Cc1ccc(-c2nc3c(C)cccn3c2N=Nc2cc(C)ccc2O)cc1. The third kappa shape index (κ3) is 3.19. The van der Waals surface area contributed by atoms with Crippen LogP contribution >= 0.6 is 0 Å². The number of fused-ring (bicyclic) bond motifs is 1. The van der Waals surface area contributed by atoms with Gasteiger partial charge in [0.25, 0.3) is 0 Å². The fourth-order valence-electron chi connectivity index (χ4n) is 3.01. The van der Waals surface area contributed by atoms with Crippen molar-refractivity contribution in [1.29, 1.82) is 0 Å². The maximum absolute atomic E-state index is 10.1. The van der Waals surface area contributed by atoms with E-state index in [9.17, 15) is 5.11 Å². The van der Waals surface area contributed by atoms with Crippen molar-refractivity contribution in [2.75, 3.05) is 0 Å². The molecule has 0 aliphatic carbocycles. The van der Waals surface area contributed by atoms with Crippen LogP contribution in [0.25, 0.3) is 16.9 Å². The molecule has 27 heavy (non-hydrogen) atoms. The highest BCUT2D eigenvalue weighted by Crippen LogP contribution is 2.35. The van der Waals surface area contributed by atoms with Crippen molar-refractivity contribution in [3.63, 3.8) is 0 Å². The number of hydrogen-bond donors (Lipinski definition) is 1. The molecule has 0 atom stereocenters. The van der Waals surface area contributed by atoms with E-state index < -0.39 is 0 Å². The van der Waals surface area contributed by atoms with Gasteiger partial charge in [0.15, 0.2) is 5.82 Å². The van der Waals surface area contributed by atoms with Crippen LogP contribution in [0, 0.1) is 20.8 Å². The molecular formula is C22H20N4O. The van der Waals surface area contributed by atoms with E-state index in [0.717, 1.165) is 28.0 Å². The van der Waals surface area contributed by atoms with Crippen LogP contribution in [0.1, 0.15) is 16.7 Å². The molecule has 0 saturated carbocycles. The lowest BCUT2D eigenvalue weighted by atomic mass is 10.1. The number of phenolic OH excluding ortho intramolecular Hbond substituents is 1. The molecule has 5 nitrogen and oxygen atoms in total. The van der Waals surface area contributed by atoms with Crippen LogP contribution in [-0.4, -0.2) is 14.5 Å². The maximum Gasteiger partial charge on any atom is 0.187 e. The molecule has 0 radical (unpaired) electrons. The van der Waals surface area contributed by atoms with Gasteiger partial charge in [0.1, 0.15) is 22.8 Å². The van der Waals surface area contributed by atoms with Crippen LogP contribution in [0.2, 0.25) is 0 Å². The predicted molar refractivity (Wildman–Crippen MR) is 107 cm³/mol. The highest BCUT2D eigenvalue weighted by atomic mass is 16.3. The zero-order valence-electron chi connectivity index (χ0n) is 15.5. The number of nitrogens with zero attached hydrogens (tertiary/aromatic N) is 4. The summed E-state index contributed by atoms with van der Waals surface area (Å²) in [4.78, 5) is 4.81. The first-order chi connectivity index (χ1) is 13.0. The lowest BCUT2D eigenvalue weighted by molar-refractivity contribution is 0.476. The van der Waals surface area contributed by atoms with E-state index in [0.29, 0.717) is 11.5 Å². The number of phenols is 1. The number of imidazole rings is 1. The summed E-state index contributed by atoms with van der Waals surface area (Å²) in [5.41, 5.74) is 6.28. The second-order valence-corrected chi connectivity index (χ2v) is 6.73. The minimum Gasteiger partial charge on any atom is -0.506 e. The van der Waals surface area contributed by atoms with Crippen LogP contribution in [0.3, 0.4) is 0 Å². The van der Waals surface area contributed by atoms with Gasteiger partial charge in [-0.3, -0.25) is 4.40 Å². The van der Waals surface area contributed by atoms with Crippen molar-refractivity contribution in [3.05, 3.63) is 77.5 Å². The Morgan fingerprint density at radius 3 is 2.41 bits per heavy atom. The van der Waals surface area contributed by atoms with Gasteiger partial charge in [-0.25, -0.2) is 4.98 Å². The molecule has 0 bridgehead atoms. The average Bonchev–Trinajstić information content (AvgIpc) is 3.03. The van der Waals surface area contributed by atoms with Gasteiger partial charge < -0.3 is 5.11 Å². The topological polar surface area (TPSA) is 62.2 Å². The Bertz CT molecular complexity index is 1160. The number of aryl methyl sites for hydroxylation is 3. The minimum atomic E-state index is 0.103. The molecule has 4 aromatic rings. The Balaban J connectivity index is 1.91. The summed E-state index contributed by atoms with van der Waals surface area (Å²) in [7, 11) is 0. The van der Waals surface area contributed by atoms with Gasteiger partial charge in [0.05, 0.1) is 0 Å². The number of aromatic nitrogens is 2. The van der Waals surface area contributed by atoms with E-state index in [1.807, 2.05) is 54.8 Å². The van der Waals surface area contributed by atoms with Crippen LogP contribution in [-0.2, 0) is 0 Å². The van der Waals surface area contributed by atoms with Crippen LogP contribution < -0.4 is 0 Å². The third-order valence-electron chi connectivity index (χ3n) is 4.53. The largest absolute Gasteiger partial charge is 0.506 e. The maximum atomic E-state index is 10.1. The number of azo groups is 1. The van der Waals surface area contributed by atoms with E-state index in [-0.39, 0.29) is 5.75 Å². The highest BCUT2D eigenvalue weighted by Gasteiger charge is 2.15. The Morgan fingerprint density at radius 1 is 0.889 bits per heavy atom. The normalized spacial score (nSPS) is 11.5. The number of pyridine rings is 1. The third-order valence-corrected chi connectivity index (χ3v) is 4.53. The fraction of sp³-hybridized carbons (Fsp3) is 0.136. The molecule has 0 unspecified atom stereocenters. The smallest absolute Gasteiger partial charge is 0.187 e. The van der Waals surface area contributed by atoms with Crippen molar-refractivity contribution in [2.24, 2.45) is 10.2 Å². The van der Waals surface area contributed by atoms with Gasteiger partial charge in [-0.05, 0) is 50.1 Å². The summed E-state index contributed by atoms with van der Waals surface area (Å²) in [6, 6.07) is 17.4. The number of rotatable bonds is 3. The van der Waals surface area contributed by atoms with E-state index in [1.165, 1.54) is 5.56 Å². The molecule has 134 valence electrons. The summed E-state index contributed by atoms with van der Waals surface area (Å²) in [6.07, 6.45) is 1.93. The molecule has 0 aliphatic rings. The van der Waals surface area contributed by atoms with E-state index in [1.54, 1.807) is 12.1 Å². The zero-order chi connectivity index (χ0) is 19.0. The monoisotopic (exact) mass is 356 g/mol. The van der Waals surface area contributed by atoms with Gasteiger partial charge >= 0.3 is 0 Å². The summed E-state index contributed by atoms with van der Waals surface area (Å²) in [5, 5.41) is 18.8. The number of benzene rings is 2. The lowest BCUT2D eigenvalue weighted by Crippen LogP contribution is -1.85. The van der Waals surface area contributed by atoms with Gasteiger partial charge in [-0.15, -0.1) is 10.2 Å². The van der Waals surface area contributed by atoms with Gasteiger partial charge in [0, 0.05) is 11.8 Å². The number of aromatic hydroxyl groups is 1. The van der Waals surface area contributed by atoms with E-state index >= 15 is 0 Å². The molecule has 0 spiro atoms. The second kappa shape index (κ2) is 6.68.